The van der Waals surface area contributed by atoms with Gasteiger partial charge in [-0.1, -0.05) is 19.6 Å². The van der Waals surface area contributed by atoms with Crippen molar-refractivity contribution in [3.63, 3.8) is 0 Å². The predicted octanol–water partition coefficient (Wildman–Crippen LogP) is 2.48. The van der Waals surface area contributed by atoms with Gasteiger partial charge in [-0.25, -0.2) is 0 Å². The zero-order chi connectivity index (χ0) is 18.7. The number of rotatable bonds is 8. The van der Waals surface area contributed by atoms with Crippen molar-refractivity contribution in [3.05, 3.63) is 35.3 Å². The van der Waals surface area contributed by atoms with E-state index in [-0.39, 0.29) is 13.2 Å². The molecule has 6 nitrogen and oxygen atoms in total. The van der Waals surface area contributed by atoms with Gasteiger partial charge in [-0.2, -0.15) is 0 Å². The molecule has 1 aliphatic rings. The number of hydrogen-bond donors (Lipinski definition) is 3. The first-order chi connectivity index (χ1) is 11.6. The van der Waals surface area contributed by atoms with Crippen LogP contribution in [-0.4, -0.2) is 55.7 Å². The lowest BCUT2D eigenvalue weighted by Crippen LogP contribution is -2.55. The van der Waals surface area contributed by atoms with Crippen LogP contribution in [0, 0.1) is 19.3 Å². The highest BCUT2D eigenvalue weighted by Crippen LogP contribution is 2.24. The Morgan fingerprint density at radius 3 is 2.44 bits per heavy atom. The number of aromatic nitrogens is 1. The number of ether oxygens (including phenoxy) is 2. The molecule has 2 heterocycles. The molecule has 7 heteroatoms. The molecule has 25 heavy (non-hydrogen) atoms. The molecule has 1 saturated heterocycles. The molecule has 2 rings (SSSR count). The minimum absolute atomic E-state index is 0.234. The van der Waals surface area contributed by atoms with E-state index in [4.69, 9.17) is 14.9 Å². The Kier molecular flexibility index (Phi) is 6.26. The summed E-state index contributed by atoms with van der Waals surface area (Å²) < 4.78 is 12.7. The number of aliphatic hydroxyl groups is 1. The van der Waals surface area contributed by atoms with Gasteiger partial charge >= 0.3 is 0 Å². The second-order valence-corrected chi connectivity index (χ2v) is 13.6. The van der Waals surface area contributed by atoms with Crippen LogP contribution in [0.2, 0.25) is 25.7 Å². The summed E-state index contributed by atoms with van der Waals surface area (Å²) >= 11 is 0. The van der Waals surface area contributed by atoms with Crippen LogP contribution < -0.4 is 5.32 Å². The lowest BCUT2D eigenvalue weighted by atomic mass is 9.97. The Balaban J connectivity index is 2.03. The summed E-state index contributed by atoms with van der Waals surface area (Å²) in [5.41, 5.74) is 1.48. The second-order valence-electron chi connectivity index (χ2n) is 7.96. The number of nitrogens with one attached hydrogen (secondary N) is 2. The van der Waals surface area contributed by atoms with Gasteiger partial charge in [0.05, 0.1) is 18.9 Å². The Hall–Kier alpha value is -1.41. The average Bonchev–Trinajstić information content (AvgIpc) is 2.81. The van der Waals surface area contributed by atoms with E-state index in [1.165, 1.54) is 0 Å². The van der Waals surface area contributed by atoms with Crippen LogP contribution in [0.5, 0.6) is 0 Å². The normalized spacial score (nSPS) is 17.3. The fourth-order valence-electron chi connectivity index (χ4n) is 2.63. The van der Waals surface area contributed by atoms with Gasteiger partial charge in [0.1, 0.15) is 12.6 Å². The highest BCUT2D eigenvalue weighted by molar-refractivity contribution is 6.76. The van der Waals surface area contributed by atoms with Crippen molar-refractivity contribution >= 4 is 13.9 Å². The van der Waals surface area contributed by atoms with E-state index < -0.39 is 13.7 Å². The SMILES string of the molecule is Cc1ccc(C)n1C(=N)/C=C(\NCOCC[Si](C)(C)C)C1(O)COC1. The third-order valence-corrected chi connectivity index (χ3v) is 6.04. The molecule has 0 radical (unpaired) electrons. The summed E-state index contributed by atoms with van der Waals surface area (Å²) in [7, 11) is -1.12. The fraction of sp³-hybridized carbons (Fsp3) is 0.611. The fourth-order valence-corrected chi connectivity index (χ4v) is 3.39. The topological polar surface area (TPSA) is 79.5 Å². The molecule has 0 aliphatic carbocycles. The number of aryl methyl sites for hydroxylation is 2. The lowest BCUT2D eigenvalue weighted by molar-refractivity contribution is -0.158. The Morgan fingerprint density at radius 2 is 1.96 bits per heavy atom. The summed E-state index contributed by atoms with van der Waals surface area (Å²) in [5, 5.41) is 22.2. The lowest BCUT2D eigenvalue weighted by Gasteiger charge is -2.38. The summed E-state index contributed by atoms with van der Waals surface area (Å²) in [6, 6.07) is 5.05. The van der Waals surface area contributed by atoms with Crippen molar-refractivity contribution in [2.75, 3.05) is 26.6 Å². The quantitative estimate of drug-likeness (QED) is 0.217. The summed E-state index contributed by atoms with van der Waals surface area (Å²) in [5.74, 6) is 0.310. The van der Waals surface area contributed by atoms with Crippen LogP contribution in [0.3, 0.4) is 0 Å². The van der Waals surface area contributed by atoms with E-state index in [9.17, 15) is 5.11 Å². The summed E-state index contributed by atoms with van der Waals surface area (Å²) in [6.07, 6.45) is 1.67. The van der Waals surface area contributed by atoms with Gasteiger partial charge in [-0.15, -0.1) is 0 Å². The van der Waals surface area contributed by atoms with Gasteiger partial charge in [0, 0.05) is 32.1 Å². The molecule has 140 valence electrons. The maximum atomic E-state index is 10.6. The summed E-state index contributed by atoms with van der Waals surface area (Å²) in [6.45, 7) is 12.3. The Bertz CT molecular complexity index is 623. The van der Waals surface area contributed by atoms with Crippen LogP contribution in [0.1, 0.15) is 11.4 Å². The van der Waals surface area contributed by atoms with Crippen LogP contribution in [0.4, 0.5) is 0 Å². The second kappa shape index (κ2) is 7.86. The van der Waals surface area contributed by atoms with Gasteiger partial charge in [-0.05, 0) is 32.0 Å². The smallest absolute Gasteiger partial charge is 0.150 e. The van der Waals surface area contributed by atoms with E-state index >= 15 is 0 Å². The largest absolute Gasteiger partial charge is 0.379 e. The molecular formula is C18H31N3O3Si. The zero-order valence-corrected chi connectivity index (χ0v) is 17.0. The maximum Gasteiger partial charge on any atom is 0.150 e. The third kappa shape index (κ3) is 5.28. The molecule has 0 unspecified atom stereocenters. The minimum atomic E-state index is -1.12. The highest BCUT2D eigenvalue weighted by atomic mass is 28.3. The monoisotopic (exact) mass is 365 g/mol. The molecule has 0 aromatic carbocycles. The van der Waals surface area contributed by atoms with E-state index in [1.54, 1.807) is 6.08 Å². The minimum Gasteiger partial charge on any atom is -0.379 e. The van der Waals surface area contributed by atoms with Crippen LogP contribution in [-0.2, 0) is 9.47 Å². The number of hydrogen-bond acceptors (Lipinski definition) is 5. The van der Waals surface area contributed by atoms with Crippen molar-refractivity contribution in [3.8, 4) is 0 Å². The number of nitrogens with zero attached hydrogens (tertiary/aromatic N) is 1. The average molecular weight is 366 g/mol. The van der Waals surface area contributed by atoms with E-state index in [1.807, 2.05) is 30.5 Å². The third-order valence-electron chi connectivity index (χ3n) is 4.34. The van der Waals surface area contributed by atoms with Gasteiger partial charge in [0.25, 0.3) is 0 Å². The van der Waals surface area contributed by atoms with E-state index in [0.717, 1.165) is 17.4 Å². The maximum absolute atomic E-state index is 10.6. The molecule has 1 aromatic rings. The van der Waals surface area contributed by atoms with E-state index in [0.29, 0.717) is 24.9 Å². The molecule has 1 fully saturated rings. The predicted molar refractivity (Wildman–Crippen MR) is 103 cm³/mol. The molecule has 0 atom stereocenters. The molecule has 0 spiro atoms. The van der Waals surface area contributed by atoms with Crippen molar-refractivity contribution in [2.45, 2.75) is 45.1 Å². The molecule has 0 saturated carbocycles. The van der Waals surface area contributed by atoms with Crippen LogP contribution in [0.15, 0.2) is 23.9 Å². The Labute approximate surface area is 151 Å². The van der Waals surface area contributed by atoms with E-state index in [2.05, 4.69) is 25.0 Å². The van der Waals surface area contributed by atoms with Gasteiger partial charge in [0.2, 0.25) is 0 Å². The van der Waals surface area contributed by atoms with Gasteiger partial charge < -0.3 is 24.5 Å². The molecular weight excluding hydrogens is 334 g/mol. The van der Waals surface area contributed by atoms with Crippen molar-refractivity contribution in [1.29, 1.82) is 5.41 Å². The van der Waals surface area contributed by atoms with Gasteiger partial charge in [0.15, 0.2) is 5.60 Å². The van der Waals surface area contributed by atoms with Crippen molar-refractivity contribution in [1.82, 2.24) is 9.88 Å². The standard InChI is InChI=1S/C18H31N3O3Si/c1-14-6-7-15(2)21(14)17(19)10-16(18(22)11-24-12-18)20-13-23-8-9-25(3,4)5/h6-7,10,19-20,22H,8-9,11-13H2,1-5H3/b16-10-,19-17?. The molecule has 0 bridgehead atoms. The molecule has 1 aromatic heterocycles. The molecule has 1 aliphatic heterocycles. The first kappa shape index (κ1) is 19.9. The first-order valence-electron chi connectivity index (χ1n) is 8.70. The van der Waals surface area contributed by atoms with Crippen LogP contribution >= 0.6 is 0 Å². The van der Waals surface area contributed by atoms with Crippen LogP contribution in [0.25, 0.3) is 0 Å². The van der Waals surface area contributed by atoms with Crippen molar-refractivity contribution < 1.29 is 14.6 Å². The van der Waals surface area contributed by atoms with Crippen molar-refractivity contribution in [2.24, 2.45) is 0 Å². The first-order valence-corrected chi connectivity index (χ1v) is 12.4. The zero-order valence-electron chi connectivity index (χ0n) is 16.0. The summed E-state index contributed by atoms with van der Waals surface area (Å²) in [4.78, 5) is 0. The number of allylic oxidation sites excluding steroid dienone is 1. The highest BCUT2D eigenvalue weighted by Gasteiger charge is 2.40. The molecule has 3 N–H and O–H groups in total. The van der Waals surface area contributed by atoms with Gasteiger partial charge in [-0.3, -0.25) is 5.41 Å². The molecule has 0 amide bonds. The Morgan fingerprint density at radius 1 is 1.36 bits per heavy atom.